The van der Waals surface area contributed by atoms with Crippen molar-refractivity contribution in [3.8, 4) is 0 Å². The van der Waals surface area contributed by atoms with E-state index in [1.165, 1.54) is 19.3 Å². The van der Waals surface area contributed by atoms with E-state index in [4.69, 9.17) is 5.73 Å². The number of rotatable bonds is 5. The lowest BCUT2D eigenvalue weighted by Crippen LogP contribution is -2.50. The van der Waals surface area contributed by atoms with Crippen molar-refractivity contribution in [2.45, 2.75) is 88.9 Å². The van der Waals surface area contributed by atoms with Gasteiger partial charge < -0.3 is 21.7 Å². The number of fused-ring (bicyclic) bond motifs is 1. The third-order valence-electron chi connectivity index (χ3n) is 6.41. The number of nitrogens with two attached hydrogens (primary N) is 1. The molecule has 142 valence electrons. The molecule has 0 aromatic carbocycles. The molecule has 0 aromatic rings. The first-order valence-electron chi connectivity index (χ1n) is 10.1. The highest BCUT2D eigenvalue weighted by Crippen LogP contribution is 2.36. The molecule has 1 aliphatic heterocycles. The van der Waals surface area contributed by atoms with Gasteiger partial charge in [0.1, 0.15) is 0 Å². The van der Waals surface area contributed by atoms with Gasteiger partial charge in [-0.2, -0.15) is 0 Å². The molecule has 25 heavy (non-hydrogen) atoms. The smallest absolute Gasteiger partial charge is 0.237 e. The minimum atomic E-state index is -0.0162. The van der Waals surface area contributed by atoms with E-state index in [-0.39, 0.29) is 29.9 Å². The zero-order valence-corrected chi connectivity index (χ0v) is 15.4. The van der Waals surface area contributed by atoms with Crippen LogP contribution in [-0.2, 0) is 9.59 Å². The molecule has 6 heteroatoms. The zero-order valence-electron chi connectivity index (χ0n) is 15.4. The molecule has 3 aliphatic rings. The third kappa shape index (κ3) is 4.73. The van der Waals surface area contributed by atoms with Gasteiger partial charge in [0.2, 0.25) is 11.8 Å². The first-order valence-corrected chi connectivity index (χ1v) is 10.1. The highest BCUT2D eigenvalue weighted by molar-refractivity contribution is 5.82. The fraction of sp³-hybridized carbons (Fsp3) is 0.895. The molecule has 2 aliphatic carbocycles. The monoisotopic (exact) mass is 350 g/mol. The number of nitrogens with one attached hydrogen (secondary N) is 3. The van der Waals surface area contributed by atoms with Crippen molar-refractivity contribution < 1.29 is 9.59 Å². The molecular formula is C19H34N4O2. The molecule has 0 bridgehead atoms. The molecule has 5 N–H and O–H groups in total. The third-order valence-corrected chi connectivity index (χ3v) is 6.41. The second-order valence-corrected chi connectivity index (χ2v) is 8.31. The Bertz CT molecular complexity index is 476. The maximum atomic E-state index is 12.7. The summed E-state index contributed by atoms with van der Waals surface area (Å²) in [5.41, 5.74) is 5.41. The molecule has 3 rings (SSSR count). The van der Waals surface area contributed by atoms with Crippen molar-refractivity contribution in [2.75, 3.05) is 6.54 Å². The number of carbonyl (C=O) groups excluding carboxylic acids is 2. The summed E-state index contributed by atoms with van der Waals surface area (Å²) < 4.78 is 0. The summed E-state index contributed by atoms with van der Waals surface area (Å²) in [6.45, 7) is 2.70. The van der Waals surface area contributed by atoms with Crippen LogP contribution in [0.4, 0.5) is 0 Å². The number of hydrogen-bond acceptors (Lipinski definition) is 4. The quantitative estimate of drug-likeness (QED) is 0.596. The molecule has 4 unspecified atom stereocenters. The Labute approximate surface area is 151 Å². The normalized spacial score (nSPS) is 38.0. The number of hydrogen-bond donors (Lipinski definition) is 4. The molecule has 4 atom stereocenters. The van der Waals surface area contributed by atoms with E-state index in [0.29, 0.717) is 30.8 Å². The Morgan fingerprint density at radius 3 is 2.36 bits per heavy atom. The maximum Gasteiger partial charge on any atom is 0.237 e. The lowest BCUT2D eigenvalue weighted by molar-refractivity contribution is -0.124. The Hall–Kier alpha value is -1.14. The Morgan fingerprint density at radius 2 is 1.72 bits per heavy atom. The van der Waals surface area contributed by atoms with Crippen LogP contribution in [0.1, 0.15) is 64.7 Å². The molecule has 0 aromatic heterocycles. The summed E-state index contributed by atoms with van der Waals surface area (Å²) in [5, 5.41) is 9.89. The SMILES string of the molecule is CC1CCCC2CC(C(=O)NC3CCC(NC(=O)CCN)CC3)NC12. The van der Waals surface area contributed by atoms with Crippen molar-refractivity contribution >= 4 is 11.8 Å². The molecule has 2 amide bonds. The Kier molecular flexibility index (Phi) is 6.34. The van der Waals surface area contributed by atoms with Crippen molar-refractivity contribution in [3.05, 3.63) is 0 Å². The van der Waals surface area contributed by atoms with Crippen LogP contribution < -0.4 is 21.7 Å². The maximum absolute atomic E-state index is 12.7. The fourth-order valence-corrected chi connectivity index (χ4v) is 4.99. The summed E-state index contributed by atoms with van der Waals surface area (Å²) >= 11 is 0. The number of carbonyl (C=O) groups is 2. The second-order valence-electron chi connectivity index (χ2n) is 8.31. The van der Waals surface area contributed by atoms with E-state index < -0.39 is 0 Å². The van der Waals surface area contributed by atoms with Crippen LogP contribution in [0.25, 0.3) is 0 Å². The minimum absolute atomic E-state index is 0.0162. The van der Waals surface area contributed by atoms with Crippen LogP contribution in [0, 0.1) is 11.8 Å². The van der Waals surface area contributed by atoms with Crippen molar-refractivity contribution in [2.24, 2.45) is 17.6 Å². The fourth-order valence-electron chi connectivity index (χ4n) is 4.99. The van der Waals surface area contributed by atoms with Gasteiger partial charge in [-0.1, -0.05) is 13.3 Å². The van der Waals surface area contributed by atoms with E-state index in [0.717, 1.165) is 32.1 Å². The topological polar surface area (TPSA) is 96.2 Å². The molecule has 2 saturated carbocycles. The average molecular weight is 351 g/mol. The van der Waals surface area contributed by atoms with Crippen LogP contribution >= 0.6 is 0 Å². The first-order chi connectivity index (χ1) is 12.1. The molecule has 0 spiro atoms. The molecule has 1 saturated heterocycles. The van der Waals surface area contributed by atoms with E-state index >= 15 is 0 Å². The number of amides is 2. The van der Waals surface area contributed by atoms with Crippen molar-refractivity contribution in [1.29, 1.82) is 0 Å². The van der Waals surface area contributed by atoms with Crippen LogP contribution in [0.5, 0.6) is 0 Å². The van der Waals surface area contributed by atoms with E-state index in [2.05, 4.69) is 22.9 Å². The van der Waals surface area contributed by atoms with Crippen LogP contribution in [0.3, 0.4) is 0 Å². The van der Waals surface area contributed by atoms with Crippen molar-refractivity contribution in [3.63, 3.8) is 0 Å². The van der Waals surface area contributed by atoms with E-state index in [1.54, 1.807) is 0 Å². The second kappa shape index (κ2) is 8.49. The van der Waals surface area contributed by atoms with Crippen LogP contribution in [-0.4, -0.2) is 42.5 Å². The average Bonchev–Trinajstić information content (AvgIpc) is 3.03. The predicted molar refractivity (Wildman–Crippen MR) is 97.8 cm³/mol. The van der Waals surface area contributed by atoms with E-state index in [9.17, 15) is 9.59 Å². The molecule has 1 heterocycles. The highest BCUT2D eigenvalue weighted by atomic mass is 16.2. The molecule has 6 nitrogen and oxygen atoms in total. The lowest BCUT2D eigenvalue weighted by Gasteiger charge is -2.31. The largest absolute Gasteiger partial charge is 0.353 e. The van der Waals surface area contributed by atoms with E-state index in [1.807, 2.05) is 0 Å². The van der Waals surface area contributed by atoms with Gasteiger partial charge in [-0.05, 0) is 56.8 Å². The van der Waals surface area contributed by atoms with Gasteiger partial charge in [-0.25, -0.2) is 0 Å². The van der Waals surface area contributed by atoms with Crippen molar-refractivity contribution in [1.82, 2.24) is 16.0 Å². The molecule has 3 fully saturated rings. The van der Waals surface area contributed by atoms with Gasteiger partial charge in [-0.15, -0.1) is 0 Å². The van der Waals surface area contributed by atoms with Gasteiger partial charge in [0, 0.05) is 31.1 Å². The van der Waals surface area contributed by atoms with Gasteiger partial charge >= 0.3 is 0 Å². The molecule has 0 radical (unpaired) electrons. The summed E-state index contributed by atoms with van der Waals surface area (Å²) in [4.78, 5) is 24.3. The predicted octanol–water partition coefficient (Wildman–Crippen LogP) is 1.05. The summed E-state index contributed by atoms with van der Waals surface area (Å²) in [6.07, 6.45) is 8.98. The van der Waals surface area contributed by atoms with Gasteiger partial charge in [-0.3, -0.25) is 9.59 Å². The Morgan fingerprint density at radius 1 is 1.04 bits per heavy atom. The van der Waals surface area contributed by atoms with Crippen LogP contribution in [0.15, 0.2) is 0 Å². The molecular weight excluding hydrogens is 316 g/mol. The van der Waals surface area contributed by atoms with Gasteiger partial charge in [0.05, 0.1) is 6.04 Å². The summed E-state index contributed by atoms with van der Waals surface area (Å²) in [7, 11) is 0. The Balaban J connectivity index is 1.40. The minimum Gasteiger partial charge on any atom is -0.353 e. The standard InChI is InChI=1S/C19H34N4O2/c1-12-3-2-4-13-11-16(23-18(12)13)19(25)22-15-7-5-14(6-8-15)21-17(24)9-10-20/h12-16,18,23H,2-11,20H2,1H3,(H,21,24)(H,22,25). The highest BCUT2D eigenvalue weighted by Gasteiger charge is 2.41. The van der Waals surface area contributed by atoms with Gasteiger partial charge in [0.15, 0.2) is 0 Å². The first kappa shape index (κ1) is 18.6. The van der Waals surface area contributed by atoms with Gasteiger partial charge in [0.25, 0.3) is 0 Å². The zero-order chi connectivity index (χ0) is 17.8. The van der Waals surface area contributed by atoms with Crippen LogP contribution in [0.2, 0.25) is 0 Å². The summed E-state index contributed by atoms with van der Waals surface area (Å²) in [6, 6.07) is 0.994. The summed E-state index contributed by atoms with van der Waals surface area (Å²) in [5.74, 6) is 1.58. The lowest BCUT2D eigenvalue weighted by atomic mass is 9.78.